The lowest BCUT2D eigenvalue weighted by Gasteiger charge is -2.09. The second kappa shape index (κ2) is 4.24. The summed E-state index contributed by atoms with van der Waals surface area (Å²) in [6, 6.07) is 2.51. The number of benzene rings is 1. The van der Waals surface area contributed by atoms with Gasteiger partial charge in [0.25, 0.3) is 0 Å². The highest BCUT2D eigenvalue weighted by Gasteiger charge is 2.11. The Morgan fingerprint density at radius 1 is 1.46 bits per heavy atom. The van der Waals surface area contributed by atoms with Crippen LogP contribution in [0.4, 0.5) is 4.39 Å². The Balaban J connectivity index is 3.13. The molecule has 1 aromatic rings. The lowest BCUT2D eigenvalue weighted by atomic mass is 10.1. The van der Waals surface area contributed by atoms with Crippen LogP contribution in [-0.2, 0) is 0 Å². The fourth-order valence-electron chi connectivity index (χ4n) is 0.904. The largest absolute Gasteiger partial charge is 0.387 e. The number of halogens is 3. The zero-order chi connectivity index (χ0) is 10.0. The number of hydrogen-bond acceptors (Lipinski definition) is 2. The van der Waals surface area contributed by atoms with Gasteiger partial charge in [0.15, 0.2) is 0 Å². The van der Waals surface area contributed by atoms with Crippen molar-refractivity contribution in [1.29, 1.82) is 0 Å². The molecule has 0 radical (unpaired) electrons. The molecule has 1 aromatic carbocycles. The lowest BCUT2D eigenvalue weighted by molar-refractivity contribution is 0.186. The van der Waals surface area contributed by atoms with Crippen LogP contribution in [0.2, 0.25) is 10.0 Å². The summed E-state index contributed by atoms with van der Waals surface area (Å²) >= 11 is 11.1. The first-order chi connectivity index (χ1) is 6.06. The van der Waals surface area contributed by atoms with E-state index in [9.17, 15) is 9.50 Å². The summed E-state index contributed by atoms with van der Waals surface area (Å²) in [5, 5.41) is 9.21. The molecular formula is C8H8Cl2FNO. The molecule has 0 heterocycles. The molecule has 0 fully saturated rings. The van der Waals surface area contributed by atoms with Crippen molar-refractivity contribution in [3.63, 3.8) is 0 Å². The second-order valence-electron chi connectivity index (χ2n) is 2.55. The quantitative estimate of drug-likeness (QED) is 0.755. The number of nitrogens with two attached hydrogens (primary N) is 1. The van der Waals surface area contributed by atoms with Gasteiger partial charge in [-0.25, -0.2) is 4.39 Å². The predicted molar refractivity (Wildman–Crippen MR) is 50.4 cm³/mol. The van der Waals surface area contributed by atoms with Crippen LogP contribution < -0.4 is 5.73 Å². The molecule has 0 aliphatic heterocycles. The summed E-state index contributed by atoms with van der Waals surface area (Å²) in [5.74, 6) is -0.656. The van der Waals surface area contributed by atoms with Crippen molar-refractivity contribution >= 4 is 23.2 Å². The van der Waals surface area contributed by atoms with Gasteiger partial charge < -0.3 is 10.8 Å². The molecular weight excluding hydrogens is 216 g/mol. The zero-order valence-corrected chi connectivity index (χ0v) is 8.11. The predicted octanol–water partition coefficient (Wildman–Crippen LogP) is 2.12. The van der Waals surface area contributed by atoms with Crippen molar-refractivity contribution in [3.05, 3.63) is 33.6 Å². The van der Waals surface area contributed by atoms with Gasteiger partial charge in [-0.15, -0.1) is 0 Å². The number of rotatable bonds is 2. The standard InChI is InChI=1S/C8H8Cl2FNO/c9-5-1-4(7(13)3-12)2-6(11)8(5)10/h1-2,7,13H,3,12H2/t7-/m0/s1. The summed E-state index contributed by atoms with van der Waals surface area (Å²) < 4.78 is 13.0. The fourth-order valence-corrected chi connectivity index (χ4v) is 1.23. The van der Waals surface area contributed by atoms with Crippen LogP contribution in [0.25, 0.3) is 0 Å². The van der Waals surface area contributed by atoms with Gasteiger partial charge in [-0.2, -0.15) is 0 Å². The highest BCUT2D eigenvalue weighted by Crippen LogP contribution is 2.28. The summed E-state index contributed by atoms with van der Waals surface area (Å²) in [6.45, 7) is 0.0113. The van der Waals surface area contributed by atoms with Crippen LogP contribution in [0.3, 0.4) is 0 Å². The molecule has 0 aromatic heterocycles. The van der Waals surface area contributed by atoms with Crippen molar-refractivity contribution in [2.24, 2.45) is 5.73 Å². The van der Waals surface area contributed by atoms with E-state index in [1.165, 1.54) is 6.07 Å². The van der Waals surface area contributed by atoms with E-state index < -0.39 is 11.9 Å². The molecule has 0 aliphatic rings. The van der Waals surface area contributed by atoms with Gasteiger partial charge in [-0.05, 0) is 17.7 Å². The third-order valence-corrected chi connectivity index (χ3v) is 2.39. The minimum absolute atomic E-state index is 0.0113. The SMILES string of the molecule is NC[C@H](O)c1cc(F)c(Cl)c(Cl)c1. The number of hydrogen-bond donors (Lipinski definition) is 2. The van der Waals surface area contributed by atoms with E-state index >= 15 is 0 Å². The van der Waals surface area contributed by atoms with Crippen molar-refractivity contribution in [2.45, 2.75) is 6.10 Å². The molecule has 0 saturated heterocycles. The first-order valence-corrected chi connectivity index (χ1v) is 4.34. The van der Waals surface area contributed by atoms with Crippen LogP contribution in [0.15, 0.2) is 12.1 Å². The summed E-state index contributed by atoms with van der Waals surface area (Å²) in [6.07, 6.45) is -0.913. The van der Waals surface area contributed by atoms with Gasteiger partial charge in [0, 0.05) is 6.54 Å². The fraction of sp³-hybridized carbons (Fsp3) is 0.250. The Labute approximate surface area is 85.1 Å². The van der Waals surface area contributed by atoms with Crippen LogP contribution >= 0.6 is 23.2 Å². The van der Waals surface area contributed by atoms with Gasteiger partial charge in [0.05, 0.1) is 16.1 Å². The second-order valence-corrected chi connectivity index (χ2v) is 3.34. The van der Waals surface area contributed by atoms with E-state index in [1.807, 2.05) is 0 Å². The van der Waals surface area contributed by atoms with Gasteiger partial charge in [-0.1, -0.05) is 23.2 Å². The summed E-state index contributed by atoms with van der Waals surface area (Å²) in [5.41, 5.74) is 5.52. The molecule has 13 heavy (non-hydrogen) atoms. The minimum Gasteiger partial charge on any atom is -0.387 e. The van der Waals surface area contributed by atoms with Crippen molar-refractivity contribution in [3.8, 4) is 0 Å². The van der Waals surface area contributed by atoms with Gasteiger partial charge in [0.1, 0.15) is 5.82 Å². The Morgan fingerprint density at radius 2 is 2.08 bits per heavy atom. The molecule has 5 heteroatoms. The first-order valence-electron chi connectivity index (χ1n) is 3.59. The third-order valence-electron chi connectivity index (χ3n) is 1.61. The van der Waals surface area contributed by atoms with Gasteiger partial charge in [-0.3, -0.25) is 0 Å². The van der Waals surface area contributed by atoms with E-state index in [-0.39, 0.29) is 16.6 Å². The molecule has 0 aliphatic carbocycles. The van der Waals surface area contributed by atoms with Crippen LogP contribution in [0.5, 0.6) is 0 Å². The normalized spacial score (nSPS) is 13.0. The molecule has 0 saturated carbocycles. The van der Waals surface area contributed by atoms with E-state index in [4.69, 9.17) is 28.9 Å². The molecule has 0 amide bonds. The van der Waals surface area contributed by atoms with Gasteiger partial charge in [0.2, 0.25) is 0 Å². The van der Waals surface area contributed by atoms with E-state index in [0.29, 0.717) is 5.56 Å². The van der Waals surface area contributed by atoms with Crippen molar-refractivity contribution in [2.75, 3.05) is 6.54 Å². The van der Waals surface area contributed by atoms with Crippen LogP contribution in [-0.4, -0.2) is 11.7 Å². The average Bonchev–Trinajstić information content (AvgIpc) is 2.12. The Kier molecular flexibility index (Phi) is 3.50. The molecule has 0 unspecified atom stereocenters. The molecule has 3 N–H and O–H groups in total. The van der Waals surface area contributed by atoms with Gasteiger partial charge >= 0.3 is 0 Å². The maximum atomic E-state index is 13.0. The minimum atomic E-state index is -0.913. The monoisotopic (exact) mass is 223 g/mol. The summed E-state index contributed by atoms with van der Waals surface area (Å²) in [7, 11) is 0. The average molecular weight is 224 g/mol. The van der Waals surface area contributed by atoms with Crippen LogP contribution in [0.1, 0.15) is 11.7 Å². The van der Waals surface area contributed by atoms with E-state index in [2.05, 4.69) is 0 Å². The van der Waals surface area contributed by atoms with E-state index in [0.717, 1.165) is 6.07 Å². The number of aliphatic hydroxyl groups excluding tert-OH is 1. The van der Waals surface area contributed by atoms with Crippen molar-refractivity contribution < 1.29 is 9.50 Å². The first kappa shape index (κ1) is 10.7. The lowest BCUT2D eigenvalue weighted by Crippen LogP contribution is -2.11. The Morgan fingerprint density at radius 3 is 2.54 bits per heavy atom. The summed E-state index contributed by atoms with van der Waals surface area (Å²) in [4.78, 5) is 0. The molecule has 2 nitrogen and oxygen atoms in total. The Hall–Kier alpha value is -0.350. The molecule has 1 atom stereocenters. The highest BCUT2D eigenvalue weighted by atomic mass is 35.5. The van der Waals surface area contributed by atoms with Crippen molar-refractivity contribution in [1.82, 2.24) is 0 Å². The maximum absolute atomic E-state index is 13.0. The molecule has 0 bridgehead atoms. The molecule has 72 valence electrons. The molecule has 1 rings (SSSR count). The molecule has 0 spiro atoms. The van der Waals surface area contributed by atoms with E-state index in [1.54, 1.807) is 0 Å². The maximum Gasteiger partial charge on any atom is 0.143 e. The van der Waals surface area contributed by atoms with Crippen LogP contribution in [0, 0.1) is 5.82 Å². The highest BCUT2D eigenvalue weighted by molar-refractivity contribution is 6.42. The number of aliphatic hydroxyl groups is 1. The smallest absolute Gasteiger partial charge is 0.143 e. The zero-order valence-electron chi connectivity index (χ0n) is 6.60. The third kappa shape index (κ3) is 2.31. The topological polar surface area (TPSA) is 46.2 Å². The Bertz CT molecular complexity index is 296.